The summed E-state index contributed by atoms with van der Waals surface area (Å²) in [5.74, 6) is 1.41. The molecule has 26 heavy (non-hydrogen) atoms. The van der Waals surface area contributed by atoms with Crippen molar-refractivity contribution in [2.45, 2.75) is 10.6 Å². The van der Waals surface area contributed by atoms with Gasteiger partial charge in [-0.2, -0.15) is 4.98 Å². The fourth-order valence-electron chi connectivity index (χ4n) is 2.31. The molecular weight excluding hydrogens is 356 g/mol. The molecule has 3 rings (SSSR count). The Balaban J connectivity index is 1.78. The van der Waals surface area contributed by atoms with Crippen LogP contribution in [0.5, 0.6) is 11.5 Å². The molecule has 0 atom stereocenters. The summed E-state index contributed by atoms with van der Waals surface area (Å²) in [6.45, 7) is 0. The Labute approximate surface area is 153 Å². The molecule has 0 aliphatic rings. The third-order valence-corrected chi connectivity index (χ3v) is 4.64. The van der Waals surface area contributed by atoms with E-state index in [1.165, 1.54) is 11.8 Å². The van der Waals surface area contributed by atoms with E-state index < -0.39 is 5.97 Å². The average molecular weight is 372 g/mol. The van der Waals surface area contributed by atoms with Gasteiger partial charge in [0.15, 0.2) is 0 Å². The molecule has 7 nitrogen and oxygen atoms in total. The van der Waals surface area contributed by atoms with Crippen molar-refractivity contribution in [3.63, 3.8) is 0 Å². The first kappa shape index (κ1) is 17.8. The Kier molecular flexibility index (Phi) is 5.43. The molecule has 0 fully saturated rings. The zero-order valence-electron chi connectivity index (χ0n) is 14.1. The molecule has 1 heterocycles. The van der Waals surface area contributed by atoms with Gasteiger partial charge in [0.25, 0.3) is 0 Å². The number of carbonyl (C=O) groups is 1. The summed E-state index contributed by atoms with van der Waals surface area (Å²) in [7, 11) is 3.13. The average Bonchev–Trinajstić information content (AvgIpc) is 3.14. The van der Waals surface area contributed by atoms with Crippen LogP contribution < -0.4 is 9.47 Å². The number of aromatic nitrogens is 2. The largest absolute Gasteiger partial charge is 0.497 e. The highest BCUT2D eigenvalue weighted by molar-refractivity contribution is 7.98. The third kappa shape index (κ3) is 3.80. The Morgan fingerprint density at radius 2 is 2.00 bits per heavy atom. The topological polar surface area (TPSA) is 94.7 Å². The van der Waals surface area contributed by atoms with E-state index in [-0.39, 0.29) is 5.56 Å². The van der Waals surface area contributed by atoms with Crippen LogP contribution in [0.15, 0.2) is 51.9 Å². The monoisotopic (exact) mass is 372 g/mol. The fourth-order valence-corrected chi connectivity index (χ4v) is 3.20. The second-order valence-corrected chi connectivity index (χ2v) is 6.19. The lowest BCUT2D eigenvalue weighted by atomic mass is 10.2. The van der Waals surface area contributed by atoms with E-state index in [0.717, 1.165) is 0 Å². The Morgan fingerprint density at radius 3 is 2.73 bits per heavy atom. The van der Waals surface area contributed by atoms with Gasteiger partial charge >= 0.3 is 5.97 Å². The molecule has 0 aliphatic heterocycles. The van der Waals surface area contributed by atoms with Gasteiger partial charge in [-0.1, -0.05) is 17.3 Å². The highest BCUT2D eigenvalue weighted by Crippen LogP contribution is 2.32. The molecule has 0 unspecified atom stereocenters. The van der Waals surface area contributed by atoms with Gasteiger partial charge in [-0.25, -0.2) is 4.79 Å². The van der Waals surface area contributed by atoms with Crippen LogP contribution in [0.4, 0.5) is 0 Å². The van der Waals surface area contributed by atoms with Gasteiger partial charge in [-0.3, -0.25) is 0 Å². The molecule has 0 saturated carbocycles. The van der Waals surface area contributed by atoms with Crippen LogP contribution in [0.1, 0.15) is 16.2 Å². The number of carboxylic acid groups (broad SMARTS) is 1. The number of hydrogen-bond donors (Lipinski definition) is 1. The minimum atomic E-state index is -0.970. The Hall–Kier alpha value is -3.00. The summed E-state index contributed by atoms with van der Waals surface area (Å²) < 4.78 is 15.8. The van der Waals surface area contributed by atoms with Crippen molar-refractivity contribution in [3.8, 4) is 22.9 Å². The number of carboxylic acids is 1. The Bertz CT molecular complexity index is 925. The van der Waals surface area contributed by atoms with Crippen molar-refractivity contribution >= 4 is 17.7 Å². The molecule has 3 aromatic rings. The number of hydrogen-bond acceptors (Lipinski definition) is 7. The predicted octanol–water partition coefficient (Wildman–Crippen LogP) is 3.74. The van der Waals surface area contributed by atoms with Gasteiger partial charge in [0.05, 0.1) is 31.1 Å². The van der Waals surface area contributed by atoms with Crippen LogP contribution in [0.2, 0.25) is 0 Å². The first-order chi connectivity index (χ1) is 12.6. The maximum Gasteiger partial charge on any atom is 0.336 e. The van der Waals surface area contributed by atoms with Crippen LogP contribution in [0.25, 0.3) is 11.4 Å². The lowest BCUT2D eigenvalue weighted by molar-refractivity contribution is 0.0693. The van der Waals surface area contributed by atoms with Crippen LogP contribution >= 0.6 is 11.8 Å². The number of benzene rings is 2. The molecule has 0 saturated heterocycles. The second kappa shape index (κ2) is 7.92. The second-order valence-electron chi connectivity index (χ2n) is 5.17. The smallest absolute Gasteiger partial charge is 0.336 e. The quantitative estimate of drug-likeness (QED) is 0.627. The predicted molar refractivity (Wildman–Crippen MR) is 95.8 cm³/mol. The summed E-state index contributed by atoms with van der Waals surface area (Å²) >= 11 is 1.32. The minimum absolute atomic E-state index is 0.245. The van der Waals surface area contributed by atoms with E-state index >= 15 is 0 Å². The van der Waals surface area contributed by atoms with E-state index in [1.54, 1.807) is 56.7 Å². The molecule has 0 spiro atoms. The third-order valence-electron chi connectivity index (χ3n) is 3.59. The van der Waals surface area contributed by atoms with Gasteiger partial charge in [0.1, 0.15) is 11.5 Å². The van der Waals surface area contributed by atoms with E-state index in [4.69, 9.17) is 14.0 Å². The Morgan fingerprint density at radius 1 is 1.19 bits per heavy atom. The molecule has 8 heteroatoms. The fraction of sp³-hybridized carbons (Fsp3) is 0.167. The summed E-state index contributed by atoms with van der Waals surface area (Å²) in [6, 6.07) is 12.1. The molecule has 1 N–H and O–H groups in total. The molecule has 0 aliphatic carbocycles. The van der Waals surface area contributed by atoms with Gasteiger partial charge in [-0.05, 0) is 24.3 Å². The van der Waals surface area contributed by atoms with Crippen LogP contribution in [-0.4, -0.2) is 35.4 Å². The van der Waals surface area contributed by atoms with E-state index in [1.807, 2.05) is 0 Å². The molecular formula is C18H16N2O5S. The minimum Gasteiger partial charge on any atom is -0.497 e. The first-order valence-electron chi connectivity index (χ1n) is 7.62. The molecule has 0 bridgehead atoms. The van der Waals surface area contributed by atoms with Crippen molar-refractivity contribution in [2.75, 3.05) is 14.2 Å². The number of methoxy groups -OCH3 is 2. The van der Waals surface area contributed by atoms with E-state index in [2.05, 4.69) is 10.1 Å². The summed E-state index contributed by atoms with van der Waals surface area (Å²) in [5.41, 5.74) is 0.924. The maximum absolute atomic E-state index is 11.3. The first-order valence-corrected chi connectivity index (χ1v) is 8.61. The molecule has 134 valence electrons. The number of rotatable bonds is 7. The lowest BCUT2D eigenvalue weighted by Crippen LogP contribution is -1.98. The normalized spacial score (nSPS) is 10.5. The zero-order chi connectivity index (χ0) is 18.5. The maximum atomic E-state index is 11.3. The van der Waals surface area contributed by atoms with Gasteiger partial charge < -0.3 is 19.1 Å². The van der Waals surface area contributed by atoms with Crippen LogP contribution in [0, 0.1) is 0 Å². The van der Waals surface area contributed by atoms with Crippen molar-refractivity contribution in [2.24, 2.45) is 0 Å². The number of thioether (sulfide) groups is 1. The summed E-state index contributed by atoms with van der Waals surface area (Å²) in [5, 5.41) is 13.2. The van der Waals surface area contributed by atoms with Gasteiger partial charge in [0.2, 0.25) is 11.7 Å². The summed E-state index contributed by atoms with van der Waals surface area (Å²) in [6.07, 6.45) is 0. The molecule has 1 aromatic heterocycles. The van der Waals surface area contributed by atoms with E-state index in [0.29, 0.717) is 39.4 Å². The lowest BCUT2D eigenvalue weighted by Gasteiger charge is -2.07. The highest BCUT2D eigenvalue weighted by atomic mass is 32.2. The number of ether oxygens (including phenoxy) is 2. The standard InChI is InChI=1S/C18H16N2O5S/c1-23-11-7-8-12(14(9-11)24-2)17-19-16(25-20-17)10-26-15-6-4-3-5-13(15)18(21)22/h3-9H,10H2,1-2H3,(H,21,22). The van der Waals surface area contributed by atoms with Crippen LogP contribution in [-0.2, 0) is 5.75 Å². The number of aromatic carboxylic acids is 1. The van der Waals surface area contributed by atoms with Crippen molar-refractivity contribution in [1.29, 1.82) is 0 Å². The highest BCUT2D eigenvalue weighted by Gasteiger charge is 2.16. The number of nitrogens with zero attached hydrogens (tertiary/aromatic N) is 2. The summed E-state index contributed by atoms with van der Waals surface area (Å²) in [4.78, 5) is 16.3. The van der Waals surface area contributed by atoms with E-state index in [9.17, 15) is 9.90 Å². The molecule has 0 radical (unpaired) electrons. The van der Waals surface area contributed by atoms with Crippen LogP contribution in [0.3, 0.4) is 0 Å². The molecule has 2 aromatic carbocycles. The van der Waals surface area contributed by atoms with Crippen molar-refractivity contribution < 1.29 is 23.9 Å². The van der Waals surface area contributed by atoms with Crippen molar-refractivity contribution in [3.05, 3.63) is 53.9 Å². The van der Waals surface area contributed by atoms with Gasteiger partial charge in [-0.15, -0.1) is 11.8 Å². The molecule has 0 amide bonds. The van der Waals surface area contributed by atoms with Gasteiger partial charge in [0, 0.05) is 11.0 Å². The zero-order valence-corrected chi connectivity index (χ0v) is 14.9. The van der Waals surface area contributed by atoms with Crippen molar-refractivity contribution in [1.82, 2.24) is 10.1 Å². The SMILES string of the molecule is COc1ccc(-c2noc(CSc3ccccc3C(=O)O)n2)c(OC)c1.